The molecule has 3 rings (SSSR count). The monoisotopic (exact) mass is 296 g/mol. The number of aliphatic imine (C=N–C) groups is 2. The van der Waals surface area contributed by atoms with Crippen LogP contribution in [0, 0.1) is 0 Å². The van der Waals surface area contributed by atoms with Crippen molar-refractivity contribution in [2.45, 2.75) is 18.6 Å². The topological polar surface area (TPSA) is 86.1 Å². The molecule has 22 heavy (non-hydrogen) atoms. The number of hydrogen-bond acceptors (Lipinski definition) is 5. The van der Waals surface area contributed by atoms with Crippen LogP contribution in [0.15, 0.2) is 52.5 Å². The summed E-state index contributed by atoms with van der Waals surface area (Å²) in [6, 6.07) is 7.90. The summed E-state index contributed by atoms with van der Waals surface area (Å²) in [7, 11) is 0. The van der Waals surface area contributed by atoms with Crippen LogP contribution in [0.4, 0.5) is 0 Å². The molecule has 112 valence electrons. The van der Waals surface area contributed by atoms with Crippen molar-refractivity contribution >= 4 is 24.0 Å². The van der Waals surface area contributed by atoms with Crippen molar-refractivity contribution in [1.29, 1.82) is 0 Å². The second-order valence-corrected chi connectivity index (χ2v) is 5.07. The van der Waals surface area contributed by atoms with E-state index in [0.29, 0.717) is 0 Å². The van der Waals surface area contributed by atoms with Gasteiger partial charge in [0.05, 0.1) is 0 Å². The Morgan fingerprint density at radius 3 is 2.91 bits per heavy atom. The molecule has 0 radical (unpaired) electrons. The van der Waals surface area contributed by atoms with E-state index in [1.165, 1.54) is 6.08 Å². The summed E-state index contributed by atoms with van der Waals surface area (Å²) in [6.45, 7) is 0. The number of dihydropyridines is 1. The molecule has 0 saturated carbocycles. The molecular formula is C16H16N4O2. The number of nitrogens with one attached hydrogen (secondary N) is 2. The lowest BCUT2D eigenvalue weighted by Crippen LogP contribution is -2.34. The summed E-state index contributed by atoms with van der Waals surface area (Å²) < 4.78 is 0. The van der Waals surface area contributed by atoms with Crippen LogP contribution >= 0.6 is 0 Å². The molecule has 2 unspecified atom stereocenters. The molecule has 6 nitrogen and oxygen atoms in total. The number of carbonyl (C=O) groups excluding carboxylic acids is 1. The Balaban J connectivity index is 1.62. The lowest BCUT2D eigenvalue weighted by Gasteiger charge is -2.13. The van der Waals surface area contributed by atoms with E-state index < -0.39 is 5.91 Å². The Bertz CT molecular complexity index is 674. The maximum atomic E-state index is 10.9. The number of amides is 1. The summed E-state index contributed by atoms with van der Waals surface area (Å²) in [5.74, 6) is 0.381. The van der Waals surface area contributed by atoms with Crippen molar-refractivity contribution in [2.24, 2.45) is 9.98 Å². The number of hydrogen-bond donors (Lipinski definition) is 3. The number of benzene rings is 1. The molecule has 3 N–H and O–H groups in total. The zero-order valence-electron chi connectivity index (χ0n) is 11.8. The minimum absolute atomic E-state index is 0.0270. The van der Waals surface area contributed by atoms with Crippen molar-refractivity contribution in [3.05, 3.63) is 53.6 Å². The molecule has 2 aliphatic rings. The van der Waals surface area contributed by atoms with Gasteiger partial charge in [0.15, 0.2) is 0 Å². The van der Waals surface area contributed by atoms with Crippen molar-refractivity contribution in [3.63, 3.8) is 0 Å². The Hall–Kier alpha value is -2.73. The fraction of sp³-hybridized carbons (Fsp3) is 0.188. The number of rotatable bonds is 4. The molecular weight excluding hydrogens is 280 g/mol. The first-order valence-electron chi connectivity index (χ1n) is 6.99. The normalized spacial score (nSPS) is 22.3. The highest BCUT2D eigenvalue weighted by Gasteiger charge is 2.26. The van der Waals surface area contributed by atoms with Gasteiger partial charge in [-0.1, -0.05) is 30.3 Å². The van der Waals surface area contributed by atoms with E-state index in [1.807, 2.05) is 36.4 Å². The average Bonchev–Trinajstić information content (AvgIpc) is 2.96. The first-order valence-corrected chi connectivity index (χ1v) is 6.99. The Morgan fingerprint density at radius 2 is 2.18 bits per heavy atom. The molecule has 1 aromatic rings. The number of amidine groups is 1. The quantitative estimate of drug-likeness (QED) is 0.441. The number of nitrogens with zero attached hydrogens (tertiary/aromatic N) is 2. The molecule has 2 aliphatic heterocycles. The number of allylic oxidation sites excluding steroid dienone is 1. The molecule has 0 fully saturated rings. The van der Waals surface area contributed by atoms with Gasteiger partial charge in [-0.2, -0.15) is 0 Å². The predicted molar refractivity (Wildman–Crippen MR) is 84.9 cm³/mol. The predicted octanol–water partition coefficient (Wildman–Crippen LogP) is 1.08. The lowest BCUT2D eigenvalue weighted by atomic mass is 10.1. The van der Waals surface area contributed by atoms with Crippen molar-refractivity contribution in [1.82, 2.24) is 10.8 Å². The average molecular weight is 296 g/mol. The van der Waals surface area contributed by atoms with Gasteiger partial charge in [-0.25, -0.2) is 5.48 Å². The zero-order valence-corrected chi connectivity index (χ0v) is 11.8. The standard InChI is InChI=1S/C16H16N4O2/c21-15(20-22)8-7-11-3-5-12(6-4-11)10-14-18-13-2-1-9-17-16(13)19-14/h1-9,13,16,22H,10H2,(H,18,19)(H,20,21)/b8-7+. The zero-order chi connectivity index (χ0) is 15.4. The second kappa shape index (κ2) is 6.36. The van der Waals surface area contributed by atoms with Gasteiger partial charge >= 0.3 is 0 Å². The van der Waals surface area contributed by atoms with Crippen LogP contribution in [-0.2, 0) is 11.2 Å². The van der Waals surface area contributed by atoms with Crippen LogP contribution in [-0.4, -0.2) is 35.4 Å². The van der Waals surface area contributed by atoms with Crippen LogP contribution < -0.4 is 10.8 Å². The highest BCUT2D eigenvalue weighted by atomic mass is 16.5. The first-order chi connectivity index (χ1) is 10.7. The summed E-state index contributed by atoms with van der Waals surface area (Å²) in [5, 5.41) is 11.7. The summed E-state index contributed by atoms with van der Waals surface area (Å²) >= 11 is 0. The third-order valence-electron chi connectivity index (χ3n) is 3.47. The summed E-state index contributed by atoms with van der Waals surface area (Å²) in [4.78, 5) is 19.9. The molecule has 6 heteroatoms. The largest absolute Gasteiger partial charge is 0.350 e. The Labute approximate surface area is 127 Å². The van der Waals surface area contributed by atoms with E-state index in [1.54, 1.807) is 17.8 Å². The van der Waals surface area contributed by atoms with E-state index in [0.717, 1.165) is 23.4 Å². The van der Waals surface area contributed by atoms with Crippen LogP contribution in [0.5, 0.6) is 0 Å². The summed E-state index contributed by atoms with van der Waals surface area (Å²) in [6.07, 6.45) is 9.39. The Kier molecular flexibility index (Phi) is 4.11. The van der Waals surface area contributed by atoms with E-state index >= 15 is 0 Å². The fourth-order valence-electron chi connectivity index (χ4n) is 2.37. The van der Waals surface area contributed by atoms with Gasteiger partial charge in [0.25, 0.3) is 5.91 Å². The molecule has 0 spiro atoms. The SMILES string of the molecule is O=C(/C=C/c1ccc(CC2=NC3C=CC=NC3N2)cc1)NO. The van der Waals surface area contributed by atoms with Gasteiger partial charge in [0, 0.05) is 18.7 Å². The number of hydroxylamine groups is 1. The van der Waals surface area contributed by atoms with Crippen LogP contribution in [0.3, 0.4) is 0 Å². The van der Waals surface area contributed by atoms with Crippen molar-refractivity contribution in [3.8, 4) is 0 Å². The van der Waals surface area contributed by atoms with Gasteiger partial charge in [0.1, 0.15) is 18.0 Å². The van der Waals surface area contributed by atoms with Crippen LogP contribution in [0.1, 0.15) is 11.1 Å². The third kappa shape index (κ3) is 3.29. The maximum absolute atomic E-state index is 10.9. The first kappa shape index (κ1) is 14.2. The van der Waals surface area contributed by atoms with E-state index in [2.05, 4.69) is 15.3 Å². The molecule has 0 bridgehead atoms. The minimum atomic E-state index is -0.551. The molecule has 1 aromatic carbocycles. The fourth-order valence-corrected chi connectivity index (χ4v) is 2.37. The maximum Gasteiger partial charge on any atom is 0.267 e. The van der Waals surface area contributed by atoms with E-state index in [9.17, 15) is 4.79 Å². The molecule has 1 amide bonds. The van der Waals surface area contributed by atoms with Gasteiger partial charge in [0.2, 0.25) is 0 Å². The van der Waals surface area contributed by atoms with Gasteiger partial charge in [-0.05, 0) is 23.3 Å². The third-order valence-corrected chi connectivity index (χ3v) is 3.47. The number of carbonyl (C=O) groups is 1. The van der Waals surface area contributed by atoms with Crippen LogP contribution in [0.25, 0.3) is 6.08 Å². The lowest BCUT2D eigenvalue weighted by molar-refractivity contribution is -0.124. The minimum Gasteiger partial charge on any atom is -0.350 e. The van der Waals surface area contributed by atoms with E-state index in [4.69, 9.17) is 5.21 Å². The summed E-state index contributed by atoms with van der Waals surface area (Å²) in [5.41, 5.74) is 3.56. The van der Waals surface area contributed by atoms with Gasteiger partial charge in [-0.15, -0.1) is 0 Å². The highest BCUT2D eigenvalue weighted by molar-refractivity contribution is 5.91. The van der Waals surface area contributed by atoms with E-state index in [-0.39, 0.29) is 12.2 Å². The molecule has 2 atom stereocenters. The number of fused-ring (bicyclic) bond motifs is 1. The van der Waals surface area contributed by atoms with Gasteiger partial charge in [-0.3, -0.25) is 20.0 Å². The van der Waals surface area contributed by atoms with Crippen molar-refractivity contribution < 1.29 is 10.0 Å². The van der Waals surface area contributed by atoms with Gasteiger partial charge < -0.3 is 5.32 Å². The second-order valence-electron chi connectivity index (χ2n) is 5.07. The molecule has 2 heterocycles. The molecule has 0 aromatic heterocycles. The van der Waals surface area contributed by atoms with Crippen molar-refractivity contribution in [2.75, 3.05) is 0 Å². The highest BCUT2D eigenvalue weighted by Crippen LogP contribution is 2.15. The Morgan fingerprint density at radius 1 is 1.36 bits per heavy atom. The molecule has 0 aliphatic carbocycles. The van der Waals surface area contributed by atoms with Crippen LogP contribution in [0.2, 0.25) is 0 Å². The smallest absolute Gasteiger partial charge is 0.267 e. The molecule has 0 saturated heterocycles.